The third-order valence-electron chi connectivity index (χ3n) is 2.90. The van der Waals surface area contributed by atoms with E-state index in [1.54, 1.807) is 17.4 Å². The number of esters is 1. The fraction of sp³-hybridized carbons (Fsp3) is 0.0714. The van der Waals surface area contributed by atoms with E-state index in [0.29, 0.717) is 5.56 Å². The summed E-state index contributed by atoms with van der Waals surface area (Å²) in [5, 5.41) is 5.21. The van der Waals surface area contributed by atoms with Crippen LogP contribution in [0.25, 0.3) is 16.6 Å². The lowest BCUT2D eigenvalue weighted by Gasteiger charge is -2.04. The summed E-state index contributed by atoms with van der Waals surface area (Å²) in [6.45, 7) is 0. The monoisotopic (exact) mass is 257 g/mol. The molecule has 0 unspecified atom stereocenters. The summed E-state index contributed by atoms with van der Waals surface area (Å²) < 4.78 is 6.81. The molecular formula is C14H11NO2S. The SMILES string of the molecule is COC(=O)c1ccc2ccn(-c3ccsc3)c2c1. The van der Waals surface area contributed by atoms with E-state index in [4.69, 9.17) is 4.74 Å². The Morgan fingerprint density at radius 3 is 2.89 bits per heavy atom. The predicted molar refractivity (Wildman–Crippen MR) is 72.5 cm³/mol. The van der Waals surface area contributed by atoms with Crippen molar-refractivity contribution in [3.8, 4) is 5.69 Å². The fourth-order valence-electron chi connectivity index (χ4n) is 1.99. The Kier molecular flexibility index (Phi) is 2.64. The predicted octanol–water partition coefficient (Wildman–Crippen LogP) is 3.48. The van der Waals surface area contributed by atoms with Crippen molar-refractivity contribution in [2.75, 3.05) is 7.11 Å². The molecule has 3 rings (SSSR count). The van der Waals surface area contributed by atoms with Gasteiger partial charge in [0.15, 0.2) is 0 Å². The third kappa shape index (κ3) is 1.71. The summed E-state index contributed by atoms with van der Waals surface area (Å²) in [6, 6.07) is 9.67. The molecule has 3 nitrogen and oxygen atoms in total. The standard InChI is InChI=1S/C14H11NO2S/c1-17-14(16)11-3-2-10-4-6-15(13(10)8-11)12-5-7-18-9-12/h2-9H,1H3. The van der Waals surface area contributed by atoms with E-state index in [2.05, 4.69) is 16.0 Å². The number of ether oxygens (including phenoxy) is 1. The van der Waals surface area contributed by atoms with Crippen LogP contribution < -0.4 is 0 Å². The molecule has 0 N–H and O–H groups in total. The normalized spacial score (nSPS) is 10.7. The molecule has 18 heavy (non-hydrogen) atoms. The van der Waals surface area contributed by atoms with Crippen LogP contribution in [0.4, 0.5) is 0 Å². The van der Waals surface area contributed by atoms with Crippen LogP contribution in [0, 0.1) is 0 Å². The maximum atomic E-state index is 11.5. The molecule has 0 saturated heterocycles. The average molecular weight is 257 g/mol. The minimum absolute atomic E-state index is 0.310. The molecule has 0 spiro atoms. The number of hydrogen-bond acceptors (Lipinski definition) is 3. The lowest BCUT2D eigenvalue weighted by Crippen LogP contribution is -2.01. The van der Waals surface area contributed by atoms with Crippen molar-refractivity contribution in [1.82, 2.24) is 4.57 Å². The second kappa shape index (κ2) is 4.31. The van der Waals surface area contributed by atoms with Gasteiger partial charge in [0, 0.05) is 11.6 Å². The molecule has 2 heterocycles. The first kappa shape index (κ1) is 11.0. The number of fused-ring (bicyclic) bond motifs is 1. The van der Waals surface area contributed by atoms with E-state index >= 15 is 0 Å². The van der Waals surface area contributed by atoms with Gasteiger partial charge >= 0.3 is 5.97 Å². The zero-order valence-corrected chi connectivity index (χ0v) is 10.6. The number of aromatic nitrogens is 1. The summed E-state index contributed by atoms with van der Waals surface area (Å²) in [6.07, 6.45) is 2.01. The number of methoxy groups -OCH3 is 1. The molecule has 0 bridgehead atoms. The number of carbonyl (C=O) groups excluding carboxylic acids is 1. The van der Waals surface area contributed by atoms with Crippen LogP contribution in [0.2, 0.25) is 0 Å². The lowest BCUT2D eigenvalue weighted by molar-refractivity contribution is 0.0601. The van der Waals surface area contributed by atoms with E-state index in [1.165, 1.54) is 7.11 Å². The second-order valence-corrected chi connectivity index (χ2v) is 4.71. The van der Waals surface area contributed by atoms with Gasteiger partial charge in [-0.3, -0.25) is 0 Å². The van der Waals surface area contributed by atoms with E-state index < -0.39 is 0 Å². The summed E-state index contributed by atoms with van der Waals surface area (Å²) in [7, 11) is 1.39. The molecular weight excluding hydrogens is 246 g/mol. The van der Waals surface area contributed by atoms with Crippen molar-refractivity contribution in [2.24, 2.45) is 0 Å². The number of hydrogen-bond donors (Lipinski definition) is 0. The minimum atomic E-state index is -0.310. The van der Waals surface area contributed by atoms with E-state index in [0.717, 1.165) is 16.6 Å². The molecule has 0 fully saturated rings. The largest absolute Gasteiger partial charge is 0.465 e. The third-order valence-corrected chi connectivity index (χ3v) is 3.57. The van der Waals surface area contributed by atoms with Gasteiger partial charge in [-0.1, -0.05) is 6.07 Å². The quantitative estimate of drug-likeness (QED) is 0.658. The molecule has 0 aliphatic carbocycles. The van der Waals surface area contributed by atoms with Crippen LogP contribution in [-0.2, 0) is 4.74 Å². The van der Waals surface area contributed by atoms with Crippen molar-refractivity contribution in [3.05, 3.63) is 52.9 Å². The minimum Gasteiger partial charge on any atom is -0.465 e. The molecule has 0 radical (unpaired) electrons. The van der Waals surface area contributed by atoms with Gasteiger partial charge in [0.05, 0.1) is 23.9 Å². The Morgan fingerprint density at radius 1 is 1.28 bits per heavy atom. The number of carbonyl (C=O) groups is 1. The van der Waals surface area contributed by atoms with Crippen LogP contribution in [0.1, 0.15) is 10.4 Å². The fourth-order valence-corrected chi connectivity index (χ4v) is 2.62. The van der Waals surface area contributed by atoms with E-state index in [-0.39, 0.29) is 5.97 Å². The molecule has 4 heteroatoms. The lowest BCUT2D eigenvalue weighted by atomic mass is 10.1. The molecule has 3 aromatic rings. The maximum Gasteiger partial charge on any atom is 0.337 e. The molecule has 0 atom stereocenters. The Bertz CT molecular complexity index is 698. The Balaban J connectivity index is 2.19. The zero-order chi connectivity index (χ0) is 12.5. The Labute approximate surface area is 108 Å². The smallest absolute Gasteiger partial charge is 0.337 e. The molecule has 1 aromatic carbocycles. The highest BCUT2D eigenvalue weighted by atomic mass is 32.1. The van der Waals surface area contributed by atoms with E-state index in [9.17, 15) is 4.79 Å². The topological polar surface area (TPSA) is 31.2 Å². The van der Waals surface area contributed by atoms with Crippen LogP contribution >= 0.6 is 11.3 Å². The number of nitrogens with zero attached hydrogens (tertiary/aromatic N) is 1. The van der Waals surface area contributed by atoms with E-state index in [1.807, 2.05) is 29.8 Å². The van der Waals surface area contributed by atoms with Crippen molar-refractivity contribution in [3.63, 3.8) is 0 Å². The van der Waals surface area contributed by atoms with Gasteiger partial charge in [-0.2, -0.15) is 11.3 Å². The second-order valence-electron chi connectivity index (χ2n) is 3.93. The highest BCUT2D eigenvalue weighted by Gasteiger charge is 2.09. The molecule has 0 aliphatic rings. The van der Waals surface area contributed by atoms with Crippen molar-refractivity contribution in [2.45, 2.75) is 0 Å². The summed E-state index contributed by atoms with van der Waals surface area (Å²) in [5.41, 5.74) is 2.69. The Morgan fingerprint density at radius 2 is 2.17 bits per heavy atom. The van der Waals surface area contributed by atoms with Crippen LogP contribution in [-0.4, -0.2) is 17.6 Å². The van der Waals surface area contributed by atoms with Gasteiger partial charge in [0.2, 0.25) is 0 Å². The molecule has 0 amide bonds. The average Bonchev–Trinajstić information content (AvgIpc) is 3.05. The summed E-state index contributed by atoms with van der Waals surface area (Å²) in [4.78, 5) is 11.5. The zero-order valence-electron chi connectivity index (χ0n) is 9.79. The first-order valence-electron chi connectivity index (χ1n) is 5.51. The van der Waals surface area contributed by atoms with Crippen LogP contribution in [0.3, 0.4) is 0 Å². The number of thiophene rings is 1. The molecule has 0 aliphatic heterocycles. The van der Waals surface area contributed by atoms with Gasteiger partial charge in [-0.15, -0.1) is 0 Å². The maximum absolute atomic E-state index is 11.5. The van der Waals surface area contributed by atoms with Crippen molar-refractivity contribution < 1.29 is 9.53 Å². The van der Waals surface area contributed by atoms with Crippen LogP contribution in [0.5, 0.6) is 0 Å². The summed E-state index contributed by atoms with van der Waals surface area (Å²) in [5.74, 6) is -0.310. The molecule has 90 valence electrons. The van der Waals surface area contributed by atoms with Gasteiger partial charge in [0.1, 0.15) is 0 Å². The summed E-state index contributed by atoms with van der Waals surface area (Å²) >= 11 is 1.65. The highest BCUT2D eigenvalue weighted by Crippen LogP contribution is 2.23. The molecule has 0 saturated carbocycles. The van der Waals surface area contributed by atoms with Gasteiger partial charge in [-0.25, -0.2) is 4.79 Å². The highest BCUT2D eigenvalue weighted by molar-refractivity contribution is 7.08. The van der Waals surface area contributed by atoms with Crippen molar-refractivity contribution >= 4 is 28.2 Å². The Hall–Kier alpha value is -2.07. The number of benzene rings is 1. The first-order chi connectivity index (χ1) is 8.79. The van der Waals surface area contributed by atoms with Crippen molar-refractivity contribution in [1.29, 1.82) is 0 Å². The van der Waals surface area contributed by atoms with Gasteiger partial charge in [-0.05, 0) is 35.0 Å². The van der Waals surface area contributed by atoms with Crippen LogP contribution in [0.15, 0.2) is 47.3 Å². The molecule has 2 aromatic heterocycles. The number of rotatable bonds is 2. The van der Waals surface area contributed by atoms with Gasteiger partial charge < -0.3 is 9.30 Å². The first-order valence-corrected chi connectivity index (χ1v) is 6.46. The van der Waals surface area contributed by atoms with Gasteiger partial charge in [0.25, 0.3) is 0 Å².